The van der Waals surface area contributed by atoms with Crippen molar-refractivity contribution >= 4 is 28.7 Å². The number of carbonyl (C=O) groups excluding carboxylic acids is 1. The molecule has 0 spiro atoms. The zero-order valence-electron chi connectivity index (χ0n) is 21.4. The van der Waals surface area contributed by atoms with Gasteiger partial charge in [0, 0.05) is 51.0 Å². The number of H-pyrrole nitrogens is 1. The Morgan fingerprint density at radius 3 is 2.61 bits per heavy atom. The molecule has 3 aromatic heterocycles. The molecule has 4 heterocycles. The highest BCUT2D eigenvalue weighted by molar-refractivity contribution is 5.84. The molecule has 1 aromatic carbocycles. The first-order valence-corrected chi connectivity index (χ1v) is 12.4. The zero-order chi connectivity index (χ0) is 27.0. The summed E-state index contributed by atoms with van der Waals surface area (Å²) in [7, 11) is 1.92. The van der Waals surface area contributed by atoms with E-state index in [1.165, 1.54) is 4.90 Å². The van der Waals surface area contributed by atoms with E-state index in [2.05, 4.69) is 30.3 Å². The first-order chi connectivity index (χ1) is 18.1. The number of rotatable bonds is 6. The van der Waals surface area contributed by atoms with Crippen LogP contribution in [-0.4, -0.2) is 72.8 Å². The summed E-state index contributed by atoms with van der Waals surface area (Å²) in [6.45, 7) is 5.61. The van der Waals surface area contributed by atoms with Crippen molar-refractivity contribution in [3.63, 3.8) is 0 Å². The molecular weight excluding hydrogens is 497 g/mol. The Morgan fingerprint density at radius 2 is 1.92 bits per heavy atom. The lowest BCUT2D eigenvalue weighted by Crippen LogP contribution is -2.50. The van der Waals surface area contributed by atoms with Crippen LogP contribution < -0.4 is 5.32 Å². The molecule has 38 heavy (non-hydrogen) atoms. The fourth-order valence-corrected chi connectivity index (χ4v) is 4.93. The summed E-state index contributed by atoms with van der Waals surface area (Å²) in [6.07, 6.45) is -2.34. The number of aromatic nitrogens is 5. The summed E-state index contributed by atoms with van der Waals surface area (Å²) in [5.74, 6) is 0.316. The molecule has 1 aliphatic heterocycles. The van der Waals surface area contributed by atoms with Crippen LogP contribution in [0, 0.1) is 6.92 Å². The number of alkyl halides is 3. The number of imidazole rings is 1. The molecule has 12 heteroatoms. The van der Waals surface area contributed by atoms with Gasteiger partial charge in [0.15, 0.2) is 0 Å². The van der Waals surface area contributed by atoms with Gasteiger partial charge in [-0.25, -0.2) is 9.97 Å². The van der Waals surface area contributed by atoms with Gasteiger partial charge in [-0.15, -0.1) is 0 Å². The second-order valence-corrected chi connectivity index (χ2v) is 9.60. The second kappa shape index (κ2) is 10.1. The maximum Gasteiger partial charge on any atom is 0.397 e. The molecule has 0 radical (unpaired) electrons. The Kier molecular flexibility index (Phi) is 6.82. The van der Waals surface area contributed by atoms with Crippen molar-refractivity contribution in [2.45, 2.75) is 32.5 Å². The fourth-order valence-electron chi connectivity index (χ4n) is 4.93. The normalized spacial score (nSPS) is 15.7. The van der Waals surface area contributed by atoms with Gasteiger partial charge in [0.25, 0.3) is 0 Å². The molecule has 0 saturated carbocycles. The predicted molar refractivity (Wildman–Crippen MR) is 138 cm³/mol. The van der Waals surface area contributed by atoms with E-state index < -0.39 is 18.5 Å². The number of nitrogens with zero attached hydrogens (tertiary/aromatic N) is 6. The smallest absolute Gasteiger partial charge is 0.340 e. The maximum atomic E-state index is 12.6. The average molecular weight is 527 g/mol. The predicted octanol–water partition coefficient (Wildman–Crippen LogP) is 4.57. The van der Waals surface area contributed by atoms with E-state index in [-0.39, 0.29) is 19.1 Å². The molecule has 9 nitrogen and oxygen atoms in total. The topological polar surface area (TPSA) is 95.0 Å². The molecule has 0 aliphatic carbocycles. The van der Waals surface area contributed by atoms with Gasteiger partial charge >= 0.3 is 6.18 Å². The quantitative estimate of drug-likeness (QED) is 0.382. The Bertz CT molecular complexity index is 1430. The molecule has 5 rings (SSSR count). The summed E-state index contributed by atoms with van der Waals surface area (Å²) < 4.78 is 39.6. The number of nitrogens with one attached hydrogen (secondary N) is 2. The van der Waals surface area contributed by atoms with E-state index in [1.54, 1.807) is 6.20 Å². The highest BCUT2D eigenvalue weighted by Crippen LogP contribution is 2.28. The van der Waals surface area contributed by atoms with Crippen LogP contribution in [0.25, 0.3) is 22.3 Å². The zero-order valence-corrected chi connectivity index (χ0v) is 21.4. The first-order valence-electron chi connectivity index (χ1n) is 12.4. The lowest BCUT2D eigenvalue weighted by Gasteiger charge is -2.38. The van der Waals surface area contributed by atoms with E-state index in [1.807, 2.05) is 62.1 Å². The molecule has 1 unspecified atom stereocenters. The van der Waals surface area contributed by atoms with Crippen molar-refractivity contribution < 1.29 is 18.0 Å². The van der Waals surface area contributed by atoms with Crippen LogP contribution in [0.1, 0.15) is 30.5 Å². The molecule has 1 amide bonds. The standard InChI is InChI=1S/C26H29F3N8O/c1-16-15-31-35(3)24(16)19-4-5-20-21(12-19)33-25(32-20)34-22-13-18(6-7-30-22)17(2)36-8-10-37(11-9-36)23(38)14-26(27,28)29/h4-7,12-13,15,17H,8-11,14H2,1-3H3,(H2,30,32,33,34). The summed E-state index contributed by atoms with van der Waals surface area (Å²) in [5.41, 5.74) is 5.88. The number of hydrogen-bond acceptors (Lipinski definition) is 6. The van der Waals surface area contributed by atoms with Crippen LogP contribution in [0.15, 0.2) is 42.7 Å². The monoisotopic (exact) mass is 526 g/mol. The minimum atomic E-state index is -4.48. The van der Waals surface area contributed by atoms with Crippen LogP contribution >= 0.6 is 0 Å². The minimum absolute atomic E-state index is 0.00113. The van der Waals surface area contributed by atoms with Crippen molar-refractivity contribution in [3.8, 4) is 11.3 Å². The highest BCUT2D eigenvalue weighted by Gasteiger charge is 2.35. The molecule has 1 saturated heterocycles. The number of aryl methyl sites for hydroxylation is 2. The third-order valence-corrected chi connectivity index (χ3v) is 6.96. The fraction of sp³-hybridized carbons (Fsp3) is 0.385. The number of fused-ring (bicyclic) bond motifs is 1. The molecular formula is C26H29F3N8O. The number of anilines is 2. The number of benzene rings is 1. The molecule has 1 fully saturated rings. The van der Waals surface area contributed by atoms with Gasteiger partial charge in [-0.2, -0.15) is 18.3 Å². The maximum absolute atomic E-state index is 12.6. The number of halogens is 3. The lowest BCUT2D eigenvalue weighted by molar-refractivity contribution is -0.162. The van der Waals surface area contributed by atoms with E-state index in [4.69, 9.17) is 0 Å². The Hall–Kier alpha value is -3.93. The van der Waals surface area contributed by atoms with E-state index >= 15 is 0 Å². The van der Waals surface area contributed by atoms with E-state index in [9.17, 15) is 18.0 Å². The van der Waals surface area contributed by atoms with E-state index in [0.717, 1.165) is 33.4 Å². The first kappa shape index (κ1) is 25.7. The van der Waals surface area contributed by atoms with Crippen molar-refractivity contribution in [1.82, 2.24) is 34.5 Å². The second-order valence-electron chi connectivity index (χ2n) is 9.60. The molecule has 4 aromatic rings. The largest absolute Gasteiger partial charge is 0.397 e. The molecule has 1 aliphatic rings. The molecule has 1 atom stereocenters. The SMILES string of the molecule is Cc1cnn(C)c1-c1ccc2nc(Nc3cc(C(C)N4CCN(C(=O)CC(F)(F)F)CC4)ccn3)[nH]c2c1. The third kappa shape index (κ3) is 5.49. The van der Waals surface area contributed by atoms with Gasteiger partial charge in [-0.05, 0) is 49.2 Å². The summed E-state index contributed by atoms with van der Waals surface area (Å²) >= 11 is 0. The highest BCUT2D eigenvalue weighted by atomic mass is 19.4. The number of hydrogen-bond donors (Lipinski definition) is 2. The molecule has 200 valence electrons. The van der Waals surface area contributed by atoms with Crippen LogP contribution in [0.3, 0.4) is 0 Å². The number of aromatic amines is 1. The van der Waals surface area contributed by atoms with E-state index in [0.29, 0.717) is 24.9 Å². The minimum Gasteiger partial charge on any atom is -0.340 e. The lowest BCUT2D eigenvalue weighted by atomic mass is 10.1. The van der Waals surface area contributed by atoms with Crippen LogP contribution in [0.5, 0.6) is 0 Å². The van der Waals surface area contributed by atoms with Crippen molar-refractivity contribution in [1.29, 1.82) is 0 Å². The number of amides is 1. The number of pyridine rings is 1. The van der Waals surface area contributed by atoms with Crippen molar-refractivity contribution in [3.05, 3.63) is 53.9 Å². The summed E-state index contributed by atoms with van der Waals surface area (Å²) in [6, 6.07) is 9.88. The summed E-state index contributed by atoms with van der Waals surface area (Å²) in [5, 5.41) is 7.56. The molecule has 0 bridgehead atoms. The third-order valence-electron chi connectivity index (χ3n) is 6.96. The van der Waals surface area contributed by atoms with Gasteiger partial charge in [0.1, 0.15) is 12.2 Å². The average Bonchev–Trinajstić information content (AvgIpc) is 3.43. The Balaban J connectivity index is 1.25. The Labute approximate surface area is 217 Å². The van der Waals surface area contributed by atoms with Crippen molar-refractivity contribution in [2.75, 3.05) is 31.5 Å². The van der Waals surface area contributed by atoms with Crippen LogP contribution in [-0.2, 0) is 11.8 Å². The van der Waals surface area contributed by atoms with Crippen LogP contribution in [0.4, 0.5) is 24.9 Å². The number of piperazine rings is 1. The van der Waals surface area contributed by atoms with Gasteiger partial charge in [0.2, 0.25) is 11.9 Å². The molecule has 2 N–H and O–H groups in total. The number of carbonyl (C=O) groups is 1. The van der Waals surface area contributed by atoms with Gasteiger partial charge in [0.05, 0.1) is 22.9 Å². The van der Waals surface area contributed by atoms with Gasteiger partial charge in [-0.1, -0.05) is 6.07 Å². The Morgan fingerprint density at radius 1 is 1.16 bits per heavy atom. The van der Waals surface area contributed by atoms with Gasteiger partial charge < -0.3 is 15.2 Å². The van der Waals surface area contributed by atoms with Gasteiger partial charge in [-0.3, -0.25) is 14.4 Å². The van der Waals surface area contributed by atoms with Crippen molar-refractivity contribution in [2.24, 2.45) is 7.05 Å². The summed E-state index contributed by atoms with van der Waals surface area (Å²) in [4.78, 5) is 27.7. The van der Waals surface area contributed by atoms with Crippen LogP contribution in [0.2, 0.25) is 0 Å².